The van der Waals surface area contributed by atoms with Gasteiger partial charge in [0.15, 0.2) is 5.75 Å². The largest absolute Gasteiger partial charge is 0.468 e. The van der Waals surface area contributed by atoms with Crippen molar-refractivity contribution in [2.45, 2.75) is 67.0 Å². The van der Waals surface area contributed by atoms with Crippen LogP contribution in [0.1, 0.15) is 54.9 Å². The summed E-state index contributed by atoms with van der Waals surface area (Å²) >= 11 is 0. The Bertz CT molecular complexity index is 776. The molecule has 2 heterocycles. The van der Waals surface area contributed by atoms with Crippen molar-refractivity contribution in [1.82, 2.24) is 9.62 Å². The van der Waals surface area contributed by atoms with E-state index in [2.05, 4.69) is 62.8 Å². The first-order chi connectivity index (χ1) is 12.8. The van der Waals surface area contributed by atoms with Crippen molar-refractivity contribution in [2.75, 3.05) is 19.4 Å². The van der Waals surface area contributed by atoms with Gasteiger partial charge in [0.05, 0.1) is 13.2 Å². The summed E-state index contributed by atoms with van der Waals surface area (Å²) in [6.07, 6.45) is 0.599. The second-order valence-electron chi connectivity index (χ2n) is 9.41. The third-order valence-corrected chi connectivity index (χ3v) is 6.47. The lowest BCUT2D eigenvalue weighted by atomic mass is 9.76. The Hall–Kier alpha value is -1.41. The van der Waals surface area contributed by atoms with E-state index in [9.17, 15) is 13.2 Å². The molecule has 2 rings (SSSR count). The van der Waals surface area contributed by atoms with Gasteiger partial charge in [-0.3, -0.25) is 9.79 Å². The number of carbonyl (C=O) groups excluding carboxylic acids is 1. The molecule has 0 unspecified atom stereocenters. The zero-order valence-corrected chi connectivity index (χ0v) is 19.2. The Morgan fingerprint density at radius 3 is 2.36 bits per heavy atom. The number of amidine groups is 1. The maximum atomic E-state index is 12.4. The first-order valence-corrected chi connectivity index (χ1v) is 11.6. The predicted molar refractivity (Wildman–Crippen MR) is 111 cm³/mol. The van der Waals surface area contributed by atoms with Crippen LogP contribution >= 0.6 is 0 Å². The minimum absolute atomic E-state index is 0.0751. The van der Waals surface area contributed by atoms with Crippen LogP contribution in [0.4, 0.5) is 0 Å². The zero-order chi connectivity index (χ0) is 21.4. The van der Waals surface area contributed by atoms with Gasteiger partial charge in [0.1, 0.15) is 5.84 Å². The normalized spacial score (nSPS) is 23.4. The molecular weight excluding hydrogens is 378 g/mol. The monoisotopic (exact) mass is 413 g/mol. The highest BCUT2D eigenvalue weighted by molar-refractivity contribution is 7.90. The van der Waals surface area contributed by atoms with Crippen LogP contribution < -0.4 is 4.72 Å². The molecule has 0 bridgehead atoms. The lowest BCUT2D eigenvalue weighted by molar-refractivity contribution is -0.137. The summed E-state index contributed by atoms with van der Waals surface area (Å²) in [5.74, 6) is 0.180. The zero-order valence-electron chi connectivity index (χ0n) is 18.4. The second kappa shape index (κ2) is 8.14. The number of ether oxygens (including phenoxy) is 1. The maximum Gasteiger partial charge on any atom is 0.322 e. The molecular formula is C20H35N3O4S. The van der Waals surface area contributed by atoms with Gasteiger partial charge in [-0.25, -0.2) is 13.1 Å². The number of esters is 1. The number of methoxy groups -OCH3 is 1. The highest BCUT2D eigenvalue weighted by atomic mass is 32.2. The third kappa shape index (κ3) is 4.95. The number of hydrogen-bond donors (Lipinski definition) is 1. The predicted octanol–water partition coefficient (Wildman–Crippen LogP) is 2.55. The fourth-order valence-electron chi connectivity index (χ4n) is 4.08. The number of aliphatic imine (C=N–C) groups is 1. The fraction of sp³-hybridized carbons (Fsp3) is 0.800. The van der Waals surface area contributed by atoms with Crippen molar-refractivity contribution in [1.29, 1.82) is 0 Å². The molecule has 0 saturated carbocycles. The van der Waals surface area contributed by atoms with Gasteiger partial charge in [0, 0.05) is 30.6 Å². The molecule has 2 atom stereocenters. The second-order valence-corrected chi connectivity index (χ2v) is 11.2. The van der Waals surface area contributed by atoms with E-state index in [0.29, 0.717) is 18.9 Å². The van der Waals surface area contributed by atoms with E-state index in [1.165, 1.54) is 18.4 Å². The molecule has 28 heavy (non-hydrogen) atoms. The van der Waals surface area contributed by atoms with E-state index in [-0.39, 0.29) is 23.4 Å². The number of rotatable bonds is 6. The van der Waals surface area contributed by atoms with Gasteiger partial charge < -0.3 is 9.64 Å². The fourth-order valence-corrected chi connectivity index (χ4v) is 5.26. The molecule has 1 N–H and O–H groups in total. The molecule has 2 aliphatic heterocycles. The minimum Gasteiger partial charge on any atom is -0.468 e. The van der Waals surface area contributed by atoms with Crippen molar-refractivity contribution in [3.05, 3.63) is 11.3 Å². The van der Waals surface area contributed by atoms with Crippen molar-refractivity contribution >= 4 is 21.8 Å². The van der Waals surface area contributed by atoms with Crippen LogP contribution in [0.5, 0.6) is 0 Å². The van der Waals surface area contributed by atoms with Crippen LogP contribution in [-0.4, -0.2) is 56.6 Å². The first kappa shape index (κ1) is 22.9. The van der Waals surface area contributed by atoms with Crippen LogP contribution in [0.3, 0.4) is 0 Å². The van der Waals surface area contributed by atoms with Crippen LogP contribution in [-0.2, 0) is 19.6 Å². The van der Waals surface area contributed by atoms with Gasteiger partial charge in [-0.1, -0.05) is 48.5 Å². The van der Waals surface area contributed by atoms with Gasteiger partial charge >= 0.3 is 5.97 Å². The van der Waals surface area contributed by atoms with Crippen LogP contribution in [0.15, 0.2) is 16.3 Å². The number of nitrogens with one attached hydrogen (secondary N) is 1. The molecule has 7 nitrogen and oxygen atoms in total. The molecule has 0 aromatic carbocycles. The summed E-state index contributed by atoms with van der Waals surface area (Å²) in [6.45, 7) is 15.7. The van der Waals surface area contributed by atoms with Crippen molar-refractivity contribution in [3.63, 3.8) is 0 Å². The summed E-state index contributed by atoms with van der Waals surface area (Å²) in [4.78, 5) is 18.7. The number of sulfonamides is 1. The van der Waals surface area contributed by atoms with Crippen molar-refractivity contribution in [3.8, 4) is 0 Å². The van der Waals surface area contributed by atoms with Crippen LogP contribution in [0.25, 0.3) is 0 Å². The number of nitrogens with zero attached hydrogens (tertiary/aromatic N) is 2. The number of carbonyl (C=O) groups is 1. The topological polar surface area (TPSA) is 88.1 Å². The van der Waals surface area contributed by atoms with E-state index in [1.807, 2.05) is 0 Å². The minimum atomic E-state index is -3.75. The first-order valence-electron chi connectivity index (χ1n) is 9.92. The Morgan fingerprint density at radius 2 is 1.89 bits per heavy atom. The van der Waals surface area contributed by atoms with E-state index < -0.39 is 21.7 Å². The lowest BCUT2D eigenvalue weighted by Gasteiger charge is -2.41. The van der Waals surface area contributed by atoms with E-state index in [4.69, 9.17) is 4.99 Å². The summed E-state index contributed by atoms with van der Waals surface area (Å²) in [5.41, 5.74) is 2.38. The molecule has 2 aliphatic rings. The third-order valence-electron chi connectivity index (χ3n) is 5.16. The van der Waals surface area contributed by atoms with Gasteiger partial charge in [0.2, 0.25) is 10.0 Å². The van der Waals surface area contributed by atoms with E-state index in [0.717, 1.165) is 5.84 Å². The Kier molecular flexibility index (Phi) is 6.65. The van der Waals surface area contributed by atoms with Gasteiger partial charge in [0.25, 0.3) is 0 Å². The molecule has 0 spiro atoms. The SMILES string of the molecule is COC(=O)CS(=O)(=O)N[C@H]1CC2=C(C(C)(C)C)[C@H](C(C)C)N=C(C(C)C)N2C1. The highest BCUT2D eigenvalue weighted by Gasteiger charge is 2.43. The van der Waals surface area contributed by atoms with Crippen LogP contribution in [0, 0.1) is 17.3 Å². The van der Waals surface area contributed by atoms with Crippen molar-refractivity contribution in [2.24, 2.45) is 22.2 Å². The summed E-state index contributed by atoms with van der Waals surface area (Å²) < 4.78 is 31.9. The molecule has 8 heteroatoms. The molecule has 1 saturated heterocycles. The molecule has 160 valence electrons. The summed E-state index contributed by atoms with van der Waals surface area (Å²) in [6, 6.07) is -0.203. The Balaban J connectivity index is 2.41. The molecule has 0 amide bonds. The molecule has 0 aromatic heterocycles. The van der Waals surface area contributed by atoms with E-state index >= 15 is 0 Å². The number of hydrogen-bond acceptors (Lipinski definition) is 6. The number of fused-ring (bicyclic) bond motifs is 1. The lowest BCUT2D eigenvalue weighted by Crippen LogP contribution is -2.44. The standard InChI is InChI=1S/C20H35N3O4S/c1-12(2)18-17(20(5,6)7)15-9-14(10-23(15)19(21-18)13(3)4)22-28(25,26)11-16(24)27-8/h12-14,18,22H,9-11H2,1-8H3/t14-,18-/m0/s1. The highest BCUT2D eigenvalue weighted by Crippen LogP contribution is 2.43. The Morgan fingerprint density at radius 1 is 1.29 bits per heavy atom. The van der Waals surface area contributed by atoms with E-state index in [1.54, 1.807) is 0 Å². The smallest absolute Gasteiger partial charge is 0.322 e. The Labute approximate surface area is 169 Å². The molecule has 1 fully saturated rings. The molecule has 0 aromatic rings. The van der Waals surface area contributed by atoms with Gasteiger partial charge in [-0.15, -0.1) is 0 Å². The summed E-state index contributed by atoms with van der Waals surface area (Å²) in [5, 5.41) is 0. The maximum absolute atomic E-state index is 12.4. The average molecular weight is 414 g/mol. The van der Waals surface area contributed by atoms with Gasteiger partial charge in [-0.2, -0.15) is 0 Å². The van der Waals surface area contributed by atoms with Crippen LogP contribution in [0.2, 0.25) is 0 Å². The van der Waals surface area contributed by atoms with Gasteiger partial charge in [-0.05, 0) is 16.9 Å². The molecule has 0 aliphatic carbocycles. The summed E-state index contributed by atoms with van der Waals surface area (Å²) in [7, 11) is -2.57. The quantitative estimate of drug-likeness (QED) is 0.676. The average Bonchev–Trinajstić information content (AvgIpc) is 2.92. The molecule has 0 radical (unpaired) electrons. The van der Waals surface area contributed by atoms with Crippen molar-refractivity contribution < 1.29 is 17.9 Å².